The lowest BCUT2D eigenvalue weighted by molar-refractivity contribution is -0.134. The number of rotatable bonds is 5. The second kappa shape index (κ2) is 7.81. The summed E-state index contributed by atoms with van der Waals surface area (Å²) < 4.78 is 1.99. The van der Waals surface area contributed by atoms with Gasteiger partial charge in [-0.05, 0) is 44.6 Å². The van der Waals surface area contributed by atoms with E-state index in [2.05, 4.69) is 34.0 Å². The molecule has 2 aromatic rings. The Labute approximate surface area is 150 Å². The minimum Gasteiger partial charge on any atom is -0.342 e. The summed E-state index contributed by atoms with van der Waals surface area (Å²) in [6.45, 7) is 8.55. The van der Waals surface area contributed by atoms with Crippen LogP contribution < -0.4 is 0 Å². The van der Waals surface area contributed by atoms with Crippen LogP contribution in [0.4, 0.5) is 0 Å². The van der Waals surface area contributed by atoms with Gasteiger partial charge in [-0.15, -0.1) is 0 Å². The molecule has 1 aromatic heterocycles. The van der Waals surface area contributed by atoms with Crippen LogP contribution in [0.25, 0.3) is 0 Å². The zero-order chi connectivity index (χ0) is 17.8. The molecule has 1 aliphatic rings. The molecule has 5 heteroatoms. The molecule has 1 amide bonds. The molecular formula is C20H28N4O. The van der Waals surface area contributed by atoms with Gasteiger partial charge in [-0.25, -0.2) is 9.67 Å². The van der Waals surface area contributed by atoms with Gasteiger partial charge in [0, 0.05) is 19.6 Å². The van der Waals surface area contributed by atoms with E-state index >= 15 is 0 Å². The summed E-state index contributed by atoms with van der Waals surface area (Å²) >= 11 is 0. The summed E-state index contributed by atoms with van der Waals surface area (Å²) in [7, 11) is 0. The van der Waals surface area contributed by atoms with E-state index in [1.807, 2.05) is 36.7 Å². The van der Waals surface area contributed by atoms with Gasteiger partial charge in [0.05, 0.1) is 5.92 Å². The van der Waals surface area contributed by atoms with E-state index < -0.39 is 0 Å². The van der Waals surface area contributed by atoms with Crippen LogP contribution in [0.2, 0.25) is 0 Å². The Bertz CT molecular complexity index is 710. The normalized spacial score (nSPS) is 19.0. The third-order valence-electron chi connectivity index (χ3n) is 5.13. The molecule has 0 spiro atoms. The van der Waals surface area contributed by atoms with Crippen molar-refractivity contribution in [3.05, 3.63) is 47.5 Å². The maximum Gasteiger partial charge on any atom is 0.230 e. The molecule has 0 bridgehead atoms. The number of aryl methyl sites for hydroxylation is 2. The van der Waals surface area contributed by atoms with E-state index in [9.17, 15) is 4.79 Å². The Hall–Kier alpha value is -2.17. The van der Waals surface area contributed by atoms with Crippen molar-refractivity contribution in [1.82, 2.24) is 19.7 Å². The third-order valence-corrected chi connectivity index (χ3v) is 5.13. The summed E-state index contributed by atoms with van der Waals surface area (Å²) in [6, 6.07) is 10.2. The fourth-order valence-corrected chi connectivity index (χ4v) is 3.85. The monoisotopic (exact) mass is 340 g/mol. The van der Waals surface area contributed by atoms with Crippen molar-refractivity contribution < 1.29 is 4.79 Å². The van der Waals surface area contributed by atoms with E-state index in [0.29, 0.717) is 5.92 Å². The first-order valence-corrected chi connectivity index (χ1v) is 9.30. The number of piperidine rings is 1. The van der Waals surface area contributed by atoms with E-state index in [4.69, 9.17) is 0 Å². The number of aromatic nitrogens is 3. The van der Waals surface area contributed by atoms with Gasteiger partial charge >= 0.3 is 0 Å². The first kappa shape index (κ1) is 17.6. The van der Waals surface area contributed by atoms with Crippen molar-refractivity contribution in [2.45, 2.75) is 52.5 Å². The molecule has 1 fully saturated rings. The lowest BCUT2D eigenvalue weighted by atomic mass is 9.92. The van der Waals surface area contributed by atoms with Gasteiger partial charge in [-0.3, -0.25) is 4.79 Å². The number of hydrogen-bond donors (Lipinski definition) is 0. The quantitative estimate of drug-likeness (QED) is 0.839. The Balaban J connectivity index is 1.67. The highest BCUT2D eigenvalue weighted by atomic mass is 16.2. The third kappa shape index (κ3) is 4.09. The molecular weight excluding hydrogens is 312 g/mol. The molecule has 2 atom stereocenters. The molecule has 0 aliphatic carbocycles. The number of benzene rings is 1. The van der Waals surface area contributed by atoms with Gasteiger partial charge in [-0.1, -0.05) is 37.3 Å². The van der Waals surface area contributed by atoms with Crippen LogP contribution in [0, 0.1) is 19.8 Å². The lowest BCUT2D eigenvalue weighted by Crippen LogP contribution is -2.43. The van der Waals surface area contributed by atoms with Gasteiger partial charge in [0.1, 0.15) is 11.6 Å². The van der Waals surface area contributed by atoms with Crippen LogP contribution >= 0.6 is 0 Å². The fraction of sp³-hybridized carbons (Fsp3) is 0.550. The van der Waals surface area contributed by atoms with Crippen LogP contribution in [0.15, 0.2) is 30.3 Å². The Morgan fingerprint density at radius 1 is 1.28 bits per heavy atom. The topological polar surface area (TPSA) is 51.0 Å². The summed E-state index contributed by atoms with van der Waals surface area (Å²) in [5.41, 5.74) is 1.12. The fourth-order valence-electron chi connectivity index (χ4n) is 3.85. The Morgan fingerprint density at radius 2 is 2.04 bits per heavy atom. The highest BCUT2D eigenvalue weighted by Crippen LogP contribution is 2.26. The average molecular weight is 340 g/mol. The highest BCUT2D eigenvalue weighted by molar-refractivity contribution is 5.83. The first-order chi connectivity index (χ1) is 12.1. The van der Waals surface area contributed by atoms with Crippen LogP contribution in [-0.2, 0) is 11.3 Å². The van der Waals surface area contributed by atoms with Crippen molar-refractivity contribution in [2.75, 3.05) is 13.1 Å². The van der Waals surface area contributed by atoms with Gasteiger partial charge in [0.2, 0.25) is 5.91 Å². The minimum atomic E-state index is -0.0321. The maximum absolute atomic E-state index is 13.1. The summed E-state index contributed by atoms with van der Waals surface area (Å²) in [4.78, 5) is 19.5. The molecule has 2 unspecified atom stereocenters. The number of carbonyl (C=O) groups excluding carboxylic acids is 1. The first-order valence-electron chi connectivity index (χ1n) is 9.30. The molecule has 0 N–H and O–H groups in total. The number of carbonyl (C=O) groups is 1. The summed E-state index contributed by atoms with van der Waals surface area (Å²) in [5, 5.41) is 4.48. The number of amides is 1. The van der Waals surface area contributed by atoms with Crippen LogP contribution in [0.5, 0.6) is 0 Å². The minimum absolute atomic E-state index is 0.0321. The summed E-state index contributed by atoms with van der Waals surface area (Å²) in [6.07, 6.45) is 3.05. The molecule has 1 aliphatic heterocycles. The van der Waals surface area contributed by atoms with E-state index in [-0.39, 0.29) is 11.8 Å². The molecule has 0 radical (unpaired) electrons. The SMILES string of the molecule is CCC(C(=O)N1CCCC(Cn2nc(C)nc2C)C1)c1ccccc1. The predicted octanol–water partition coefficient (Wildman–Crippen LogP) is 3.33. The van der Waals surface area contributed by atoms with Crippen molar-refractivity contribution in [3.63, 3.8) is 0 Å². The smallest absolute Gasteiger partial charge is 0.230 e. The average Bonchev–Trinajstić information content (AvgIpc) is 2.94. The molecule has 1 aromatic carbocycles. The summed E-state index contributed by atoms with van der Waals surface area (Å²) in [5.74, 6) is 2.46. The van der Waals surface area contributed by atoms with Crippen molar-refractivity contribution >= 4 is 5.91 Å². The number of hydrogen-bond acceptors (Lipinski definition) is 3. The van der Waals surface area contributed by atoms with E-state index in [1.54, 1.807) is 0 Å². The standard InChI is InChI=1S/C20H28N4O/c1-4-19(18-10-6-5-7-11-18)20(25)23-12-8-9-17(13-23)14-24-16(3)21-15(2)22-24/h5-7,10-11,17,19H,4,8-9,12-14H2,1-3H3. The van der Waals surface area contributed by atoms with Gasteiger partial charge in [0.25, 0.3) is 0 Å². The molecule has 2 heterocycles. The second-order valence-electron chi connectivity index (χ2n) is 7.05. The van der Waals surface area contributed by atoms with Gasteiger partial charge in [-0.2, -0.15) is 5.10 Å². The largest absolute Gasteiger partial charge is 0.342 e. The molecule has 1 saturated heterocycles. The van der Waals surface area contributed by atoms with Crippen molar-refractivity contribution in [2.24, 2.45) is 5.92 Å². The van der Waals surface area contributed by atoms with Crippen LogP contribution in [0.3, 0.4) is 0 Å². The van der Waals surface area contributed by atoms with Gasteiger partial charge < -0.3 is 4.90 Å². The maximum atomic E-state index is 13.1. The zero-order valence-electron chi connectivity index (χ0n) is 15.5. The molecule has 3 rings (SSSR count). The lowest BCUT2D eigenvalue weighted by Gasteiger charge is -2.35. The Kier molecular flexibility index (Phi) is 5.51. The van der Waals surface area contributed by atoms with Crippen molar-refractivity contribution in [3.8, 4) is 0 Å². The molecule has 0 saturated carbocycles. The Morgan fingerprint density at radius 3 is 2.68 bits per heavy atom. The van der Waals surface area contributed by atoms with Crippen LogP contribution in [-0.4, -0.2) is 38.7 Å². The predicted molar refractivity (Wildman–Crippen MR) is 98.3 cm³/mol. The second-order valence-corrected chi connectivity index (χ2v) is 7.05. The molecule has 25 heavy (non-hydrogen) atoms. The van der Waals surface area contributed by atoms with E-state index in [1.165, 1.54) is 0 Å². The number of nitrogens with zero attached hydrogens (tertiary/aromatic N) is 4. The molecule has 134 valence electrons. The van der Waals surface area contributed by atoms with Crippen molar-refractivity contribution in [1.29, 1.82) is 0 Å². The van der Waals surface area contributed by atoms with Crippen LogP contribution in [0.1, 0.15) is 49.3 Å². The number of likely N-dealkylation sites (tertiary alicyclic amines) is 1. The zero-order valence-corrected chi connectivity index (χ0v) is 15.5. The highest BCUT2D eigenvalue weighted by Gasteiger charge is 2.29. The van der Waals surface area contributed by atoms with E-state index in [0.717, 1.165) is 56.1 Å². The van der Waals surface area contributed by atoms with Gasteiger partial charge in [0.15, 0.2) is 0 Å². The molecule has 5 nitrogen and oxygen atoms in total.